The molecule has 4 aromatic rings. The van der Waals surface area contributed by atoms with Crippen molar-refractivity contribution in [1.82, 2.24) is 9.55 Å². The Morgan fingerprint density at radius 3 is 2.58 bits per heavy atom. The normalized spacial score (nSPS) is 21.0. The molecule has 164 valence electrons. The Balaban J connectivity index is 1.45. The van der Waals surface area contributed by atoms with Crippen LogP contribution in [0.15, 0.2) is 71.7 Å². The zero-order chi connectivity index (χ0) is 22.9. The zero-order valence-corrected chi connectivity index (χ0v) is 18.3. The third-order valence-corrected chi connectivity index (χ3v) is 7.04. The van der Waals surface area contributed by atoms with E-state index in [0.717, 1.165) is 16.8 Å². The average molecular weight is 438 g/mol. The molecule has 0 bridgehead atoms. The van der Waals surface area contributed by atoms with E-state index in [9.17, 15) is 14.4 Å². The number of hydrogen-bond acceptors (Lipinski definition) is 3. The minimum Gasteiger partial charge on any atom is -0.346 e. The number of carbonyl (C=O) groups is 2. The number of anilines is 2. The van der Waals surface area contributed by atoms with Gasteiger partial charge in [0.2, 0.25) is 5.91 Å². The summed E-state index contributed by atoms with van der Waals surface area (Å²) in [6.07, 6.45) is 2.49. The highest BCUT2D eigenvalue weighted by Crippen LogP contribution is 2.66. The minimum absolute atomic E-state index is 0.0637. The van der Waals surface area contributed by atoms with Gasteiger partial charge < -0.3 is 19.8 Å². The van der Waals surface area contributed by atoms with Crippen LogP contribution in [0.4, 0.5) is 11.4 Å². The first kappa shape index (κ1) is 19.5. The van der Waals surface area contributed by atoms with Gasteiger partial charge in [-0.05, 0) is 41.8 Å². The highest BCUT2D eigenvalue weighted by Gasteiger charge is 2.67. The number of H-pyrrole nitrogens is 1. The van der Waals surface area contributed by atoms with Crippen molar-refractivity contribution in [2.75, 3.05) is 17.3 Å². The molecule has 1 spiro atoms. The van der Waals surface area contributed by atoms with E-state index in [1.54, 1.807) is 30.1 Å². The van der Waals surface area contributed by atoms with Gasteiger partial charge >= 0.3 is 0 Å². The van der Waals surface area contributed by atoms with E-state index in [1.807, 2.05) is 55.7 Å². The van der Waals surface area contributed by atoms with E-state index in [0.29, 0.717) is 28.7 Å². The molecule has 2 aromatic heterocycles. The maximum atomic E-state index is 13.3. The number of likely N-dealkylation sites (N-methyl/N-ethyl adjacent to an activating group) is 1. The Labute approximate surface area is 189 Å². The summed E-state index contributed by atoms with van der Waals surface area (Å²) in [5, 5.41) is 3.54. The molecule has 2 atom stereocenters. The molecule has 0 unspecified atom stereocenters. The molecule has 1 aliphatic heterocycles. The van der Waals surface area contributed by atoms with Gasteiger partial charge in [0.15, 0.2) is 0 Å². The Morgan fingerprint density at radius 1 is 1.06 bits per heavy atom. The first-order chi connectivity index (χ1) is 15.9. The van der Waals surface area contributed by atoms with Crippen LogP contribution in [-0.2, 0) is 17.3 Å². The number of para-hydroxylation sites is 2. The smallest absolute Gasteiger partial charge is 0.274 e. The minimum atomic E-state index is -0.612. The number of pyridine rings is 1. The van der Waals surface area contributed by atoms with Crippen LogP contribution in [-0.4, -0.2) is 28.4 Å². The van der Waals surface area contributed by atoms with Crippen molar-refractivity contribution in [3.05, 3.63) is 94.0 Å². The second-order valence-corrected chi connectivity index (χ2v) is 8.90. The van der Waals surface area contributed by atoms with Gasteiger partial charge in [0, 0.05) is 43.0 Å². The number of carbonyl (C=O) groups excluding carboxylic acids is 2. The van der Waals surface area contributed by atoms with Crippen LogP contribution in [0.5, 0.6) is 0 Å². The van der Waals surface area contributed by atoms with Crippen LogP contribution in [0.25, 0.3) is 10.9 Å². The first-order valence-electron chi connectivity index (χ1n) is 10.9. The predicted molar refractivity (Wildman–Crippen MR) is 127 cm³/mol. The molecule has 7 nitrogen and oxygen atoms in total. The van der Waals surface area contributed by atoms with E-state index in [4.69, 9.17) is 0 Å². The molecular weight excluding hydrogens is 416 g/mol. The van der Waals surface area contributed by atoms with Gasteiger partial charge in [0.05, 0.1) is 5.41 Å². The molecule has 33 heavy (non-hydrogen) atoms. The molecule has 1 fully saturated rings. The lowest BCUT2D eigenvalue weighted by Crippen LogP contribution is -2.29. The monoisotopic (exact) mass is 438 g/mol. The van der Waals surface area contributed by atoms with Gasteiger partial charge in [-0.2, -0.15) is 0 Å². The third-order valence-electron chi connectivity index (χ3n) is 7.04. The number of benzene rings is 2. The summed E-state index contributed by atoms with van der Waals surface area (Å²) in [5.74, 6) is -0.308. The van der Waals surface area contributed by atoms with Crippen LogP contribution in [0.3, 0.4) is 0 Å². The lowest BCUT2D eigenvalue weighted by Gasteiger charge is -2.12. The molecular formula is C26H22N4O3. The quantitative estimate of drug-likeness (QED) is 0.513. The maximum Gasteiger partial charge on any atom is 0.274 e. The largest absolute Gasteiger partial charge is 0.346 e. The standard InChI is InChI=1S/C26H22N4O3/c1-29-14-17(19-13-26(19)18-10-6-7-11-21(18)30(2)25(26)33)16-12-20(28-22(16)24(29)32)23(31)27-15-8-4-3-5-9-15/h3-12,14,19,28H,13H2,1-2H3,(H,27,31)/t19-,26-/m0/s1. The van der Waals surface area contributed by atoms with Crippen molar-refractivity contribution >= 4 is 34.1 Å². The Bertz CT molecular complexity index is 1520. The lowest BCUT2D eigenvalue weighted by molar-refractivity contribution is -0.120. The molecule has 0 radical (unpaired) electrons. The fourth-order valence-electron chi connectivity index (χ4n) is 5.32. The molecule has 2 aromatic carbocycles. The molecule has 2 amide bonds. The van der Waals surface area contributed by atoms with Crippen molar-refractivity contribution < 1.29 is 9.59 Å². The Hall–Kier alpha value is -4.13. The van der Waals surface area contributed by atoms with Crippen LogP contribution in [0, 0.1) is 0 Å². The van der Waals surface area contributed by atoms with Crippen molar-refractivity contribution in [2.24, 2.45) is 7.05 Å². The fourth-order valence-corrected chi connectivity index (χ4v) is 5.32. The number of aryl methyl sites for hydroxylation is 1. The summed E-state index contributed by atoms with van der Waals surface area (Å²) in [4.78, 5) is 43.8. The highest BCUT2D eigenvalue weighted by atomic mass is 16.2. The molecule has 2 N–H and O–H groups in total. The van der Waals surface area contributed by atoms with E-state index < -0.39 is 5.41 Å². The SMILES string of the molecule is CN1C(=O)[C@@]2(C[C@H]2c2cn(C)c(=O)c3[nH]c(C(=O)Nc4ccccc4)cc23)c2ccccc21. The Morgan fingerprint density at radius 2 is 1.79 bits per heavy atom. The van der Waals surface area contributed by atoms with Crippen molar-refractivity contribution in [1.29, 1.82) is 0 Å². The zero-order valence-electron chi connectivity index (χ0n) is 18.3. The van der Waals surface area contributed by atoms with Gasteiger partial charge in [-0.15, -0.1) is 0 Å². The average Bonchev–Trinajstić information content (AvgIpc) is 3.35. The van der Waals surface area contributed by atoms with Crippen molar-refractivity contribution in [3.8, 4) is 0 Å². The van der Waals surface area contributed by atoms with Gasteiger partial charge in [-0.3, -0.25) is 14.4 Å². The van der Waals surface area contributed by atoms with Crippen LogP contribution in [0.1, 0.15) is 34.0 Å². The topological polar surface area (TPSA) is 87.2 Å². The third kappa shape index (κ3) is 2.65. The number of nitrogens with one attached hydrogen (secondary N) is 2. The number of aromatic amines is 1. The van der Waals surface area contributed by atoms with Crippen molar-refractivity contribution in [3.63, 3.8) is 0 Å². The number of nitrogens with zero attached hydrogens (tertiary/aromatic N) is 2. The van der Waals surface area contributed by atoms with Gasteiger partial charge in [0.1, 0.15) is 11.2 Å². The van der Waals surface area contributed by atoms with Gasteiger partial charge in [-0.25, -0.2) is 0 Å². The summed E-state index contributed by atoms with van der Waals surface area (Å²) >= 11 is 0. The van der Waals surface area contributed by atoms with E-state index >= 15 is 0 Å². The van der Waals surface area contributed by atoms with Gasteiger partial charge in [-0.1, -0.05) is 36.4 Å². The Kier molecular flexibility index (Phi) is 3.96. The van der Waals surface area contributed by atoms with Crippen molar-refractivity contribution in [2.45, 2.75) is 17.8 Å². The summed E-state index contributed by atoms with van der Waals surface area (Å²) in [5.41, 5.74) is 3.40. The fraction of sp³-hybridized carbons (Fsp3) is 0.192. The number of hydrogen-bond donors (Lipinski definition) is 2. The number of rotatable bonds is 3. The van der Waals surface area contributed by atoms with Crippen LogP contribution in [0.2, 0.25) is 0 Å². The summed E-state index contributed by atoms with van der Waals surface area (Å²) in [6.45, 7) is 0. The van der Waals surface area contributed by atoms with E-state index in [2.05, 4.69) is 10.3 Å². The van der Waals surface area contributed by atoms with Crippen LogP contribution < -0.4 is 15.8 Å². The molecule has 2 aliphatic rings. The van der Waals surface area contributed by atoms with E-state index in [1.165, 1.54) is 4.57 Å². The van der Waals surface area contributed by atoms with E-state index in [-0.39, 0.29) is 23.3 Å². The lowest BCUT2D eigenvalue weighted by atomic mass is 9.91. The molecule has 3 heterocycles. The molecule has 1 aliphatic carbocycles. The second-order valence-electron chi connectivity index (χ2n) is 8.90. The number of amides is 2. The molecule has 1 saturated carbocycles. The summed E-state index contributed by atoms with van der Waals surface area (Å²) in [7, 11) is 3.51. The summed E-state index contributed by atoms with van der Waals surface area (Å²) in [6, 6.07) is 18.8. The molecule has 6 rings (SSSR count). The maximum absolute atomic E-state index is 13.3. The summed E-state index contributed by atoms with van der Waals surface area (Å²) < 4.78 is 1.52. The van der Waals surface area contributed by atoms with Gasteiger partial charge in [0.25, 0.3) is 11.5 Å². The van der Waals surface area contributed by atoms with Crippen LogP contribution >= 0.6 is 0 Å². The predicted octanol–water partition coefficient (Wildman–Crippen LogP) is 3.52. The molecule has 7 heteroatoms. The molecule has 0 saturated heterocycles. The first-order valence-corrected chi connectivity index (χ1v) is 10.9. The second kappa shape index (κ2) is 6.68. The highest BCUT2D eigenvalue weighted by molar-refractivity contribution is 6.12. The number of aromatic nitrogens is 2. The number of fused-ring (bicyclic) bond motifs is 3.